The van der Waals surface area contributed by atoms with E-state index in [1.807, 2.05) is 4.90 Å². The van der Waals surface area contributed by atoms with E-state index in [9.17, 15) is 4.79 Å². The molecule has 1 aromatic rings. The summed E-state index contributed by atoms with van der Waals surface area (Å²) in [5.74, 6) is 1.06. The molecular weight excluding hydrogens is 298 g/mol. The number of aromatic nitrogens is 1. The van der Waals surface area contributed by atoms with E-state index in [0.717, 1.165) is 55.8 Å². The maximum Gasteiger partial charge on any atom is 0.219 e. The molecule has 0 aromatic carbocycles. The van der Waals surface area contributed by atoms with Gasteiger partial charge in [0, 0.05) is 45.0 Å². The molecule has 22 heavy (non-hydrogen) atoms. The summed E-state index contributed by atoms with van der Waals surface area (Å²) in [4.78, 5) is 24.7. The molecule has 1 aliphatic rings. The lowest BCUT2D eigenvalue weighted by molar-refractivity contribution is -0.130. The van der Waals surface area contributed by atoms with Crippen LogP contribution < -0.4 is 5.32 Å². The van der Waals surface area contributed by atoms with Crippen LogP contribution in [-0.4, -0.2) is 59.4 Å². The van der Waals surface area contributed by atoms with Gasteiger partial charge in [0.15, 0.2) is 5.96 Å². The summed E-state index contributed by atoms with van der Waals surface area (Å²) in [5, 5.41) is 6.58. The van der Waals surface area contributed by atoms with Crippen LogP contribution in [-0.2, 0) is 17.8 Å². The summed E-state index contributed by atoms with van der Waals surface area (Å²) in [6.07, 6.45) is 0.974. The van der Waals surface area contributed by atoms with E-state index >= 15 is 0 Å². The molecule has 1 saturated heterocycles. The van der Waals surface area contributed by atoms with Crippen molar-refractivity contribution < 1.29 is 4.79 Å². The lowest BCUT2D eigenvalue weighted by atomic mass is 10.3. The van der Waals surface area contributed by atoms with Crippen LogP contribution in [0.1, 0.15) is 31.5 Å². The molecule has 0 unspecified atom stereocenters. The predicted octanol–water partition coefficient (Wildman–Crippen LogP) is 1.34. The van der Waals surface area contributed by atoms with Crippen LogP contribution in [0, 0.1) is 0 Å². The minimum absolute atomic E-state index is 0.149. The van der Waals surface area contributed by atoms with E-state index in [1.165, 1.54) is 0 Å². The summed E-state index contributed by atoms with van der Waals surface area (Å²) in [6.45, 7) is 10.4. The number of hydrogen-bond acceptors (Lipinski definition) is 4. The molecule has 1 fully saturated rings. The van der Waals surface area contributed by atoms with Crippen LogP contribution in [0.3, 0.4) is 0 Å². The topological polar surface area (TPSA) is 60.8 Å². The standard InChI is InChI=1S/C15H25N5OS/c1-4-14-18-13(11-22-14)10-17-15(16-5-2)20-8-6-19(7-9-20)12(3)21/h11H,4-10H2,1-3H3,(H,16,17). The number of amides is 1. The van der Waals surface area contributed by atoms with Gasteiger partial charge >= 0.3 is 0 Å². The lowest BCUT2D eigenvalue weighted by Gasteiger charge is -2.36. The highest BCUT2D eigenvalue weighted by Crippen LogP contribution is 2.11. The first-order valence-corrected chi connectivity index (χ1v) is 8.74. The number of piperazine rings is 1. The molecular formula is C15H25N5OS. The van der Waals surface area contributed by atoms with Gasteiger partial charge < -0.3 is 15.1 Å². The number of carbonyl (C=O) groups is 1. The third kappa shape index (κ3) is 4.43. The Kier molecular flexibility index (Phi) is 6.18. The van der Waals surface area contributed by atoms with Crippen molar-refractivity contribution in [3.8, 4) is 0 Å². The number of guanidine groups is 1. The van der Waals surface area contributed by atoms with Crippen LogP contribution in [0.5, 0.6) is 0 Å². The minimum atomic E-state index is 0.149. The molecule has 7 heteroatoms. The van der Waals surface area contributed by atoms with Gasteiger partial charge in [-0.25, -0.2) is 9.98 Å². The van der Waals surface area contributed by atoms with E-state index in [2.05, 4.69) is 34.4 Å². The quantitative estimate of drug-likeness (QED) is 0.671. The highest BCUT2D eigenvalue weighted by Gasteiger charge is 2.20. The van der Waals surface area contributed by atoms with E-state index in [4.69, 9.17) is 4.99 Å². The van der Waals surface area contributed by atoms with Crippen LogP contribution in [0.2, 0.25) is 0 Å². The van der Waals surface area contributed by atoms with Crippen LogP contribution >= 0.6 is 11.3 Å². The fourth-order valence-corrected chi connectivity index (χ4v) is 3.13. The molecule has 0 aliphatic carbocycles. The average molecular weight is 323 g/mol. The molecule has 0 bridgehead atoms. The summed E-state index contributed by atoms with van der Waals surface area (Å²) in [5.41, 5.74) is 1.03. The number of nitrogens with zero attached hydrogens (tertiary/aromatic N) is 4. The van der Waals surface area contributed by atoms with Crippen molar-refractivity contribution >= 4 is 23.2 Å². The Morgan fingerprint density at radius 3 is 2.55 bits per heavy atom. The molecule has 1 amide bonds. The minimum Gasteiger partial charge on any atom is -0.357 e. The normalized spacial score (nSPS) is 16.0. The molecule has 2 heterocycles. The SMILES string of the molecule is CCNC(=NCc1csc(CC)n1)N1CCN(C(C)=O)CC1. The Balaban J connectivity index is 1.97. The second kappa shape index (κ2) is 8.12. The Labute approximate surface area is 136 Å². The van der Waals surface area contributed by atoms with Crippen molar-refractivity contribution in [2.45, 2.75) is 33.7 Å². The first-order chi connectivity index (χ1) is 10.6. The number of carbonyl (C=O) groups excluding carboxylic acids is 1. The monoisotopic (exact) mass is 323 g/mol. The first-order valence-electron chi connectivity index (χ1n) is 7.86. The zero-order valence-electron chi connectivity index (χ0n) is 13.6. The smallest absolute Gasteiger partial charge is 0.219 e. The third-order valence-corrected chi connectivity index (χ3v) is 4.69. The molecule has 1 aromatic heterocycles. The van der Waals surface area contributed by atoms with E-state index in [1.54, 1.807) is 18.3 Å². The second-order valence-corrected chi connectivity index (χ2v) is 6.19. The zero-order valence-corrected chi connectivity index (χ0v) is 14.4. The average Bonchev–Trinajstić information content (AvgIpc) is 2.99. The van der Waals surface area contributed by atoms with Gasteiger partial charge in [-0.15, -0.1) is 11.3 Å². The van der Waals surface area contributed by atoms with E-state index < -0.39 is 0 Å². The molecule has 0 saturated carbocycles. The number of thiazole rings is 1. The van der Waals surface area contributed by atoms with Crippen molar-refractivity contribution in [1.82, 2.24) is 20.1 Å². The van der Waals surface area contributed by atoms with Crippen molar-refractivity contribution in [2.75, 3.05) is 32.7 Å². The van der Waals surface area contributed by atoms with Gasteiger partial charge in [-0.1, -0.05) is 6.92 Å². The van der Waals surface area contributed by atoms with E-state index in [-0.39, 0.29) is 5.91 Å². The zero-order chi connectivity index (χ0) is 15.9. The number of aliphatic imine (C=N–C) groups is 1. The molecule has 0 atom stereocenters. The van der Waals surface area contributed by atoms with Gasteiger partial charge in [0.25, 0.3) is 0 Å². The predicted molar refractivity (Wildman–Crippen MR) is 90.1 cm³/mol. The van der Waals surface area contributed by atoms with Gasteiger partial charge in [0.2, 0.25) is 5.91 Å². The number of hydrogen-bond donors (Lipinski definition) is 1. The van der Waals surface area contributed by atoms with Crippen LogP contribution in [0.4, 0.5) is 0 Å². The molecule has 0 radical (unpaired) electrons. The van der Waals surface area contributed by atoms with Gasteiger partial charge in [-0.2, -0.15) is 0 Å². The molecule has 122 valence electrons. The molecule has 0 spiro atoms. The van der Waals surface area contributed by atoms with Crippen molar-refractivity contribution in [3.63, 3.8) is 0 Å². The number of nitrogens with one attached hydrogen (secondary N) is 1. The highest BCUT2D eigenvalue weighted by molar-refractivity contribution is 7.09. The molecule has 1 N–H and O–H groups in total. The molecule has 2 rings (SSSR count). The first kappa shape index (κ1) is 16.7. The Morgan fingerprint density at radius 2 is 2.00 bits per heavy atom. The van der Waals surface area contributed by atoms with Gasteiger partial charge in [0.05, 0.1) is 17.2 Å². The van der Waals surface area contributed by atoms with Crippen molar-refractivity contribution in [2.24, 2.45) is 4.99 Å². The number of aryl methyl sites for hydroxylation is 1. The van der Waals surface area contributed by atoms with Gasteiger partial charge in [0.1, 0.15) is 0 Å². The fourth-order valence-electron chi connectivity index (χ4n) is 2.40. The Hall–Kier alpha value is -1.63. The second-order valence-electron chi connectivity index (χ2n) is 5.25. The lowest BCUT2D eigenvalue weighted by Crippen LogP contribution is -2.53. The fraction of sp³-hybridized carbons (Fsp3) is 0.667. The highest BCUT2D eigenvalue weighted by atomic mass is 32.1. The maximum absolute atomic E-state index is 11.4. The summed E-state index contributed by atoms with van der Waals surface area (Å²) in [7, 11) is 0. The van der Waals surface area contributed by atoms with Crippen LogP contribution in [0.15, 0.2) is 10.4 Å². The van der Waals surface area contributed by atoms with Gasteiger partial charge in [-0.05, 0) is 13.3 Å². The van der Waals surface area contributed by atoms with Crippen molar-refractivity contribution in [1.29, 1.82) is 0 Å². The van der Waals surface area contributed by atoms with E-state index in [0.29, 0.717) is 6.54 Å². The summed E-state index contributed by atoms with van der Waals surface area (Å²) >= 11 is 1.70. The Morgan fingerprint density at radius 1 is 1.32 bits per heavy atom. The molecule has 1 aliphatic heterocycles. The number of rotatable bonds is 4. The molecule has 6 nitrogen and oxygen atoms in total. The largest absolute Gasteiger partial charge is 0.357 e. The summed E-state index contributed by atoms with van der Waals surface area (Å²) < 4.78 is 0. The van der Waals surface area contributed by atoms with Crippen LogP contribution in [0.25, 0.3) is 0 Å². The van der Waals surface area contributed by atoms with Gasteiger partial charge in [-0.3, -0.25) is 4.79 Å². The Bertz CT molecular complexity index is 520. The maximum atomic E-state index is 11.4. The summed E-state index contributed by atoms with van der Waals surface area (Å²) in [6, 6.07) is 0. The third-order valence-electron chi connectivity index (χ3n) is 3.65. The van der Waals surface area contributed by atoms with Crippen molar-refractivity contribution in [3.05, 3.63) is 16.1 Å².